The summed E-state index contributed by atoms with van der Waals surface area (Å²) < 4.78 is 0. The first-order chi connectivity index (χ1) is 28.0. The number of rotatable bonds is 7. The standard InChI is InChI=1S/C55H40N2/c1-55(2)49-24-10-9-22-48(49)53-47(23-13-25-50(53)55)45-20-11-18-43(34-45)40-26-30-41(31-27-40)51-36-52(46-21-12-19-44(35-46)38-16-7-4-8-17-38)57-54(56-51)42-32-28-39(29-33-42)37-14-5-3-6-15-37/h3-36H,1-2H3. The Bertz CT molecular complexity index is 2890. The van der Waals surface area contributed by atoms with Crippen LogP contribution in [0.4, 0.5) is 0 Å². The minimum Gasteiger partial charge on any atom is -0.228 e. The molecule has 0 atom stereocenters. The lowest BCUT2D eigenvalue weighted by Crippen LogP contribution is -2.14. The van der Waals surface area contributed by atoms with Crippen LogP contribution in [0, 0.1) is 0 Å². The molecule has 2 nitrogen and oxygen atoms in total. The average molecular weight is 729 g/mol. The van der Waals surface area contributed by atoms with Crippen LogP contribution in [0.2, 0.25) is 0 Å². The van der Waals surface area contributed by atoms with Gasteiger partial charge in [0.2, 0.25) is 0 Å². The summed E-state index contributed by atoms with van der Waals surface area (Å²) in [7, 11) is 0. The van der Waals surface area contributed by atoms with Gasteiger partial charge in [0.25, 0.3) is 0 Å². The summed E-state index contributed by atoms with van der Waals surface area (Å²) in [6, 6.07) is 73.7. The summed E-state index contributed by atoms with van der Waals surface area (Å²) in [5.74, 6) is 0.698. The van der Waals surface area contributed by atoms with Gasteiger partial charge in [-0.2, -0.15) is 0 Å². The van der Waals surface area contributed by atoms with Gasteiger partial charge in [0.05, 0.1) is 11.4 Å². The number of fused-ring (bicyclic) bond motifs is 3. The fraction of sp³-hybridized carbons (Fsp3) is 0.0545. The second kappa shape index (κ2) is 14.2. The quantitative estimate of drug-likeness (QED) is 0.163. The number of benzene rings is 8. The van der Waals surface area contributed by atoms with Crippen LogP contribution in [0.25, 0.3) is 89.5 Å². The van der Waals surface area contributed by atoms with E-state index in [9.17, 15) is 0 Å². The van der Waals surface area contributed by atoms with E-state index in [1.54, 1.807) is 0 Å². The largest absolute Gasteiger partial charge is 0.228 e. The van der Waals surface area contributed by atoms with Gasteiger partial charge in [-0.3, -0.25) is 0 Å². The van der Waals surface area contributed by atoms with Crippen molar-refractivity contribution in [1.82, 2.24) is 9.97 Å². The summed E-state index contributed by atoms with van der Waals surface area (Å²) in [6.45, 7) is 4.68. The maximum Gasteiger partial charge on any atom is 0.160 e. The second-order valence-electron chi connectivity index (χ2n) is 15.4. The van der Waals surface area contributed by atoms with Crippen molar-refractivity contribution < 1.29 is 0 Å². The third-order valence-electron chi connectivity index (χ3n) is 11.5. The predicted molar refractivity (Wildman–Crippen MR) is 238 cm³/mol. The topological polar surface area (TPSA) is 25.8 Å². The molecule has 0 fully saturated rings. The maximum absolute atomic E-state index is 5.19. The van der Waals surface area contributed by atoms with Crippen molar-refractivity contribution in [2.45, 2.75) is 19.3 Å². The molecule has 10 rings (SSSR count). The minimum atomic E-state index is -0.0353. The van der Waals surface area contributed by atoms with E-state index >= 15 is 0 Å². The van der Waals surface area contributed by atoms with Gasteiger partial charge < -0.3 is 0 Å². The van der Waals surface area contributed by atoms with Gasteiger partial charge in [-0.1, -0.05) is 202 Å². The SMILES string of the molecule is CC1(C)c2ccccc2-c2c(-c3cccc(-c4ccc(-c5cc(-c6cccc(-c7ccccc7)c6)nc(-c6ccc(-c7ccccc7)cc6)n5)cc4)c3)cccc21. The molecule has 270 valence electrons. The molecule has 0 radical (unpaired) electrons. The third-order valence-corrected chi connectivity index (χ3v) is 11.5. The monoisotopic (exact) mass is 728 g/mol. The second-order valence-corrected chi connectivity index (χ2v) is 15.4. The average Bonchev–Trinajstić information content (AvgIpc) is 3.53. The Hall–Kier alpha value is -7.16. The molecule has 8 aromatic carbocycles. The fourth-order valence-electron chi connectivity index (χ4n) is 8.50. The van der Waals surface area contributed by atoms with Crippen LogP contribution >= 0.6 is 0 Å². The van der Waals surface area contributed by atoms with Crippen molar-refractivity contribution >= 4 is 0 Å². The highest BCUT2D eigenvalue weighted by atomic mass is 14.9. The lowest BCUT2D eigenvalue weighted by atomic mass is 9.82. The van der Waals surface area contributed by atoms with Gasteiger partial charge in [-0.05, 0) is 85.0 Å². The molecule has 0 aliphatic heterocycles. The molecule has 57 heavy (non-hydrogen) atoms. The first-order valence-electron chi connectivity index (χ1n) is 19.6. The van der Waals surface area contributed by atoms with Crippen molar-refractivity contribution in [1.29, 1.82) is 0 Å². The van der Waals surface area contributed by atoms with Crippen molar-refractivity contribution in [2.75, 3.05) is 0 Å². The van der Waals surface area contributed by atoms with E-state index in [-0.39, 0.29) is 5.41 Å². The molecule has 1 aromatic heterocycles. The van der Waals surface area contributed by atoms with Crippen LogP contribution in [-0.4, -0.2) is 9.97 Å². The van der Waals surface area contributed by atoms with E-state index in [1.807, 2.05) is 6.07 Å². The third kappa shape index (κ3) is 6.36. The Kier molecular flexibility index (Phi) is 8.53. The zero-order valence-electron chi connectivity index (χ0n) is 32.0. The number of hydrogen-bond donors (Lipinski definition) is 0. The first-order valence-corrected chi connectivity index (χ1v) is 19.6. The van der Waals surface area contributed by atoms with E-state index in [2.05, 4.69) is 214 Å². The highest BCUT2D eigenvalue weighted by Gasteiger charge is 2.36. The van der Waals surface area contributed by atoms with Crippen LogP contribution in [0.1, 0.15) is 25.0 Å². The molecule has 0 N–H and O–H groups in total. The fourth-order valence-corrected chi connectivity index (χ4v) is 8.50. The molecule has 2 heteroatoms. The molecule has 1 aliphatic carbocycles. The van der Waals surface area contributed by atoms with E-state index in [0.29, 0.717) is 5.82 Å². The highest BCUT2D eigenvalue weighted by Crippen LogP contribution is 2.52. The molecule has 0 amide bonds. The van der Waals surface area contributed by atoms with Gasteiger partial charge in [0, 0.05) is 22.1 Å². The van der Waals surface area contributed by atoms with Gasteiger partial charge in [0.15, 0.2) is 5.82 Å². The Morgan fingerprint density at radius 2 is 0.719 bits per heavy atom. The van der Waals surface area contributed by atoms with Crippen molar-refractivity contribution in [3.63, 3.8) is 0 Å². The Morgan fingerprint density at radius 1 is 0.298 bits per heavy atom. The van der Waals surface area contributed by atoms with Gasteiger partial charge in [0.1, 0.15) is 0 Å². The van der Waals surface area contributed by atoms with Crippen molar-refractivity contribution in [3.8, 4) is 89.5 Å². The molecular weight excluding hydrogens is 689 g/mol. The maximum atomic E-state index is 5.19. The molecule has 0 bridgehead atoms. The molecule has 1 aliphatic rings. The van der Waals surface area contributed by atoms with Crippen molar-refractivity contribution in [2.24, 2.45) is 0 Å². The highest BCUT2D eigenvalue weighted by molar-refractivity contribution is 5.93. The van der Waals surface area contributed by atoms with Crippen LogP contribution < -0.4 is 0 Å². The van der Waals surface area contributed by atoms with Gasteiger partial charge in [-0.25, -0.2) is 9.97 Å². The number of nitrogens with zero attached hydrogens (tertiary/aromatic N) is 2. The lowest BCUT2D eigenvalue weighted by molar-refractivity contribution is 0.660. The molecular formula is C55H40N2. The summed E-state index contributed by atoms with van der Waals surface area (Å²) in [5, 5.41) is 0. The predicted octanol–water partition coefficient (Wildman–Crippen LogP) is 14.5. The van der Waals surface area contributed by atoms with E-state index in [0.717, 1.165) is 44.8 Å². The van der Waals surface area contributed by atoms with Crippen LogP contribution in [0.5, 0.6) is 0 Å². The Morgan fingerprint density at radius 3 is 1.40 bits per heavy atom. The van der Waals surface area contributed by atoms with Gasteiger partial charge >= 0.3 is 0 Å². The molecule has 0 spiro atoms. The Balaban J connectivity index is 1.02. The summed E-state index contributed by atoms with van der Waals surface area (Å²) in [6.07, 6.45) is 0. The summed E-state index contributed by atoms with van der Waals surface area (Å²) in [4.78, 5) is 10.4. The van der Waals surface area contributed by atoms with Crippen LogP contribution in [0.3, 0.4) is 0 Å². The van der Waals surface area contributed by atoms with Gasteiger partial charge in [-0.15, -0.1) is 0 Å². The normalized spacial score (nSPS) is 12.5. The molecule has 0 saturated carbocycles. The smallest absolute Gasteiger partial charge is 0.160 e. The minimum absolute atomic E-state index is 0.0353. The lowest BCUT2D eigenvalue weighted by Gasteiger charge is -2.21. The van der Waals surface area contributed by atoms with E-state index in [1.165, 1.54) is 50.1 Å². The molecule has 1 heterocycles. The van der Waals surface area contributed by atoms with E-state index < -0.39 is 0 Å². The summed E-state index contributed by atoms with van der Waals surface area (Å²) >= 11 is 0. The zero-order chi connectivity index (χ0) is 38.3. The Labute approximate surface area is 334 Å². The summed E-state index contributed by atoms with van der Waals surface area (Å²) in [5.41, 5.74) is 19.8. The first kappa shape index (κ1) is 34.3. The van der Waals surface area contributed by atoms with E-state index in [4.69, 9.17) is 9.97 Å². The number of hydrogen-bond acceptors (Lipinski definition) is 2. The van der Waals surface area contributed by atoms with Crippen LogP contribution in [-0.2, 0) is 5.41 Å². The molecule has 9 aromatic rings. The molecule has 0 unspecified atom stereocenters. The number of aromatic nitrogens is 2. The van der Waals surface area contributed by atoms with Crippen molar-refractivity contribution in [3.05, 3.63) is 217 Å². The van der Waals surface area contributed by atoms with Crippen LogP contribution in [0.15, 0.2) is 206 Å². The zero-order valence-corrected chi connectivity index (χ0v) is 32.0. The molecule has 0 saturated heterocycles.